The number of hydrogen-bond acceptors (Lipinski definition) is 4. The Kier molecular flexibility index (Phi) is 6.76. The fraction of sp³-hybridized carbons (Fsp3) is 0.217. The van der Waals surface area contributed by atoms with Crippen LogP contribution >= 0.6 is 0 Å². The predicted molar refractivity (Wildman–Crippen MR) is 112 cm³/mol. The number of alkyl halides is 6. The van der Waals surface area contributed by atoms with E-state index >= 15 is 0 Å². The second-order valence-electron chi connectivity index (χ2n) is 7.09. The first-order valence-corrected chi connectivity index (χ1v) is 9.61. The van der Waals surface area contributed by atoms with E-state index in [0.717, 1.165) is 4.90 Å². The van der Waals surface area contributed by atoms with Crippen LogP contribution in [0.5, 0.6) is 11.5 Å². The zero-order valence-electron chi connectivity index (χ0n) is 18.1. The minimum atomic E-state index is -5.08. The van der Waals surface area contributed by atoms with E-state index in [1.807, 2.05) is 0 Å². The molecule has 2 aromatic carbocycles. The molecule has 0 saturated carbocycles. The quantitative estimate of drug-likeness (QED) is 0.412. The van der Waals surface area contributed by atoms with Gasteiger partial charge in [0, 0.05) is 29.9 Å². The molecule has 1 aromatic heterocycles. The van der Waals surface area contributed by atoms with Gasteiger partial charge in [-0.05, 0) is 30.3 Å². The molecule has 0 atom stereocenters. The highest BCUT2D eigenvalue weighted by Gasteiger charge is 2.38. The number of hydrogen-bond donors (Lipinski definition) is 0. The van der Waals surface area contributed by atoms with Crippen molar-refractivity contribution in [3.8, 4) is 22.6 Å². The van der Waals surface area contributed by atoms with Crippen LogP contribution in [-0.4, -0.2) is 32.2 Å². The number of ether oxygens (including phenoxy) is 2. The van der Waals surface area contributed by atoms with Gasteiger partial charge in [-0.3, -0.25) is 9.78 Å². The average Bonchev–Trinajstić information content (AvgIpc) is 2.81. The zero-order chi connectivity index (χ0) is 25.3. The molecule has 0 N–H and O–H groups in total. The Morgan fingerprint density at radius 2 is 1.50 bits per heavy atom. The molecule has 1 heterocycles. The third kappa shape index (κ3) is 4.92. The Bertz CT molecular complexity index is 1180. The number of nitrogens with zero attached hydrogens (tertiary/aromatic N) is 2. The van der Waals surface area contributed by atoms with Crippen LogP contribution in [0, 0.1) is 0 Å². The lowest BCUT2D eigenvalue weighted by Crippen LogP contribution is -2.28. The van der Waals surface area contributed by atoms with Crippen molar-refractivity contribution in [2.24, 2.45) is 0 Å². The normalized spacial score (nSPS) is 11.8. The molecular formula is C23H18F6N2O3. The number of para-hydroxylation sites is 1. The Morgan fingerprint density at radius 1 is 0.882 bits per heavy atom. The van der Waals surface area contributed by atoms with Crippen molar-refractivity contribution in [3.05, 3.63) is 71.5 Å². The number of carbonyl (C=O) groups is 1. The third-order valence-electron chi connectivity index (χ3n) is 4.99. The molecule has 0 aliphatic carbocycles. The summed E-state index contributed by atoms with van der Waals surface area (Å²) < 4.78 is 90.1. The second kappa shape index (κ2) is 9.24. The van der Waals surface area contributed by atoms with Crippen molar-refractivity contribution >= 4 is 11.6 Å². The molecule has 0 fully saturated rings. The highest BCUT2D eigenvalue weighted by molar-refractivity contribution is 6.08. The molecule has 11 heteroatoms. The first-order valence-electron chi connectivity index (χ1n) is 9.61. The van der Waals surface area contributed by atoms with Gasteiger partial charge < -0.3 is 14.4 Å². The van der Waals surface area contributed by atoms with Crippen molar-refractivity contribution in [2.45, 2.75) is 12.4 Å². The summed E-state index contributed by atoms with van der Waals surface area (Å²) in [5, 5.41) is 0. The summed E-state index contributed by atoms with van der Waals surface area (Å²) in [7, 11) is 4.05. The Morgan fingerprint density at radius 3 is 2.03 bits per heavy atom. The molecule has 0 aliphatic rings. The van der Waals surface area contributed by atoms with Crippen LogP contribution in [0.1, 0.15) is 21.5 Å². The fourth-order valence-corrected chi connectivity index (χ4v) is 3.36. The third-order valence-corrected chi connectivity index (χ3v) is 4.99. The van der Waals surface area contributed by atoms with Crippen molar-refractivity contribution in [1.29, 1.82) is 0 Å². The maximum absolute atomic E-state index is 13.2. The molecule has 0 aliphatic heterocycles. The molecule has 180 valence electrons. The largest absolute Gasteiger partial charge is 0.493 e. The van der Waals surface area contributed by atoms with Crippen LogP contribution in [0.2, 0.25) is 0 Å². The lowest BCUT2D eigenvalue weighted by atomic mass is 10.0. The van der Waals surface area contributed by atoms with E-state index in [2.05, 4.69) is 4.98 Å². The maximum Gasteiger partial charge on any atom is 0.416 e. The number of amides is 1. The highest BCUT2D eigenvalue weighted by Crippen LogP contribution is 2.42. The minimum Gasteiger partial charge on any atom is -0.493 e. The first kappa shape index (κ1) is 24.9. The van der Waals surface area contributed by atoms with Gasteiger partial charge in [0.15, 0.2) is 11.5 Å². The Labute approximate surface area is 190 Å². The summed E-state index contributed by atoms with van der Waals surface area (Å²) in [6.07, 6.45) is -7.48. The van der Waals surface area contributed by atoms with Gasteiger partial charge in [0.2, 0.25) is 0 Å². The summed E-state index contributed by atoms with van der Waals surface area (Å²) in [4.78, 5) is 18.0. The van der Waals surface area contributed by atoms with Crippen molar-refractivity contribution < 1.29 is 40.6 Å². The van der Waals surface area contributed by atoms with Gasteiger partial charge >= 0.3 is 12.4 Å². The van der Waals surface area contributed by atoms with E-state index < -0.39 is 35.0 Å². The van der Waals surface area contributed by atoms with Crippen LogP contribution in [0.3, 0.4) is 0 Å². The second-order valence-corrected chi connectivity index (χ2v) is 7.09. The monoisotopic (exact) mass is 484 g/mol. The van der Waals surface area contributed by atoms with Gasteiger partial charge in [0.25, 0.3) is 5.91 Å². The molecule has 3 aromatic rings. The number of rotatable bonds is 5. The van der Waals surface area contributed by atoms with Crippen molar-refractivity contribution in [3.63, 3.8) is 0 Å². The number of pyridine rings is 1. The smallest absolute Gasteiger partial charge is 0.416 e. The molecular weight excluding hydrogens is 466 g/mol. The molecule has 0 spiro atoms. The van der Waals surface area contributed by atoms with E-state index in [1.54, 1.807) is 18.2 Å². The molecule has 5 nitrogen and oxygen atoms in total. The first-order chi connectivity index (χ1) is 15.9. The highest BCUT2D eigenvalue weighted by atomic mass is 19.4. The van der Waals surface area contributed by atoms with Crippen LogP contribution in [-0.2, 0) is 12.4 Å². The van der Waals surface area contributed by atoms with Crippen molar-refractivity contribution in [1.82, 2.24) is 4.98 Å². The van der Waals surface area contributed by atoms with Gasteiger partial charge in [-0.25, -0.2) is 0 Å². The van der Waals surface area contributed by atoms with Gasteiger partial charge in [-0.1, -0.05) is 12.1 Å². The molecule has 1 amide bonds. The minimum absolute atomic E-state index is 0.0343. The van der Waals surface area contributed by atoms with E-state index in [4.69, 9.17) is 9.47 Å². The topological polar surface area (TPSA) is 51.7 Å². The van der Waals surface area contributed by atoms with Gasteiger partial charge in [-0.2, -0.15) is 26.3 Å². The Balaban J connectivity index is 2.13. The SMILES string of the molecule is COc1cccc(-c2ccncc2N(C)C(=O)c2cc(C(F)(F)F)cc(C(F)(F)F)c2)c1OC. The number of benzene rings is 2. The summed E-state index contributed by atoms with van der Waals surface area (Å²) in [6, 6.07) is 7.22. The van der Waals surface area contributed by atoms with E-state index in [9.17, 15) is 31.1 Å². The van der Waals surface area contributed by atoms with E-state index in [-0.39, 0.29) is 11.8 Å². The number of methoxy groups -OCH3 is 2. The number of halogens is 6. The average molecular weight is 484 g/mol. The fourth-order valence-electron chi connectivity index (χ4n) is 3.36. The summed E-state index contributed by atoms with van der Waals surface area (Å²) in [5.74, 6) is -0.395. The lowest BCUT2D eigenvalue weighted by Gasteiger charge is -2.23. The molecule has 0 radical (unpaired) electrons. The lowest BCUT2D eigenvalue weighted by molar-refractivity contribution is -0.143. The maximum atomic E-state index is 13.2. The van der Waals surface area contributed by atoms with Crippen LogP contribution in [0.4, 0.5) is 32.0 Å². The summed E-state index contributed by atoms with van der Waals surface area (Å²) in [5.41, 5.74) is -2.95. The van der Waals surface area contributed by atoms with Crippen molar-refractivity contribution in [2.75, 3.05) is 26.2 Å². The standard InChI is InChI=1S/C23H18F6N2O3/c1-31(21(32)13-9-14(22(24,25)26)11-15(10-13)23(27,28)29)18-12-30-8-7-16(18)17-5-4-6-19(33-2)20(17)34-3/h4-12H,1-3H3. The van der Waals surface area contributed by atoms with Crippen LogP contribution in [0.15, 0.2) is 54.9 Å². The molecule has 34 heavy (non-hydrogen) atoms. The number of aromatic nitrogens is 1. The zero-order valence-corrected chi connectivity index (χ0v) is 18.1. The number of anilines is 1. The van der Waals surface area contributed by atoms with Gasteiger partial charge in [0.05, 0.1) is 37.2 Å². The molecule has 3 rings (SSSR count). The van der Waals surface area contributed by atoms with Gasteiger partial charge in [-0.15, -0.1) is 0 Å². The summed E-state index contributed by atoms with van der Waals surface area (Å²) in [6.45, 7) is 0. The number of carbonyl (C=O) groups excluding carboxylic acids is 1. The van der Waals surface area contributed by atoms with Gasteiger partial charge in [0.1, 0.15) is 0 Å². The molecule has 0 bridgehead atoms. The molecule has 0 saturated heterocycles. The van der Waals surface area contributed by atoms with E-state index in [1.165, 1.54) is 39.7 Å². The van der Waals surface area contributed by atoms with Crippen LogP contribution in [0.25, 0.3) is 11.1 Å². The predicted octanol–water partition coefficient (Wildman–Crippen LogP) is 6.08. The van der Waals surface area contributed by atoms with E-state index in [0.29, 0.717) is 34.8 Å². The Hall–Kier alpha value is -3.76. The summed E-state index contributed by atoms with van der Waals surface area (Å²) >= 11 is 0. The van der Waals surface area contributed by atoms with Crippen LogP contribution < -0.4 is 14.4 Å². The molecule has 0 unspecified atom stereocenters.